The molecule has 0 aliphatic heterocycles. The summed E-state index contributed by atoms with van der Waals surface area (Å²) in [6.45, 7) is 4.78. The van der Waals surface area contributed by atoms with E-state index in [0.717, 1.165) is 58.7 Å². The summed E-state index contributed by atoms with van der Waals surface area (Å²) in [6.07, 6.45) is 8.84. The van der Waals surface area contributed by atoms with Gasteiger partial charge in [0, 0.05) is 11.1 Å². The Balaban J connectivity index is 1.42. The molecule has 2 N–H and O–H groups in total. The summed E-state index contributed by atoms with van der Waals surface area (Å²) >= 11 is 6.72. The number of aromatic nitrogens is 2. The minimum absolute atomic E-state index is 0.0526. The van der Waals surface area contributed by atoms with Crippen molar-refractivity contribution in [3.63, 3.8) is 0 Å². The number of aromatic amines is 1. The van der Waals surface area contributed by atoms with Gasteiger partial charge in [-0.05, 0) is 81.4 Å². The Morgan fingerprint density at radius 2 is 1.88 bits per heavy atom. The number of nitrogens with zero attached hydrogens (tertiary/aromatic N) is 1. The van der Waals surface area contributed by atoms with E-state index >= 15 is 0 Å². The number of nitrogens with one attached hydrogen (secondary N) is 1. The summed E-state index contributed by atoms with van der Waals surface area (Å²) in [5, 5.41) is 10.8. The van der Waals surface area contributed by atoms with Crippen LogP contribution in [0.1, 0.15) is 62.4 Å². The molecule has 0 saturated heterocycles. The van der Waals surface area contributed by atoms with Gasteiger partial charge in [-0.3, -0.25) is 0 Å². The second-order valence-electron chi connectivity index (χ2n) is 9.46. The van der Waals surface area contributed by atoms with Gasteiger partial charge in [0.1, 0.15) is 17.3 Å². The lowest BCUT2D eigenvalue weighted by atomic mass is 9.97. The number of fused-ring (bicyclic) bond motifs is 1. The molecular weight excluding hydrogens is 448 g/mol. The molecule has 6 heteroatoms. The first-order valence-electron chi connectivity index (χ1n) is 12.1. The van der Waals surface area contributed by atoms with Crippen molar-refractivity contribution in [1.82, 2.24) is 9.97 Å². The SMILES string of the molecule is CC(C)OC1=CCCC=C1c1cc2nc(C(CO)c3ccc(OCC4CC4)cc3)[nH]c2cc1Cl. The van der Waals surface area contributed by atoms with Gasteiger partial charge in [-0.25, -0.2) is 4.98 Å². The molecule has 178 valence electrons. The van der Waals surface area contributed by atoms with Gasteiger partial charge in [0.15, 0.2) is 0 Å². The van der Waals surface area contributed by atoms with Crippen LogP contribution in [0.4, 0.5) is 0 Å². The second-order valence-corrected chi connectivity index (χ2v) is 9.87. The van der Waals surface area contributed by atoms with Gasteiger partial charge < -0.3 is 19.6 Å². The van der Waals surface area contributed by atoms with Gasteiger partial charge in [0.2, 0.25) is 0 Å². The quantitative estimate of drug-likeness (QED) is 0.363. The number of aliphatic hydroxyl groups is 1. The molecular formula is C28H31ClN2O3. The van der Waals surface area contributed by atoms with E-state index in [9.17, 15) is 5.11 Å². The van der Waals surface area contributed by atoms with Crippen LogP contribution in [0.2, 0.25) is 5.02 Å². The Labute approximate surface area is 205 Å². The highest BCUT2D eigenvalue weighted by Gasteiger charge is 2.23. The Bertz CT molecular complexity index is 1220. The van der Waals surface area contributed by atoms with Crippen molar-refractivity contribution in [1.29, 1.82) is 0 Å². The van der Waals surface area contributed by atoms with E-state index < -0.39 is 0 Å². The smallest absolute Gasteiger partial charge is 0.123 e. The second kappa shape index (κ2) is 9.85. The van der Waals surface area contributed by atoms with Crippen LogP contribution in [0.5, 0.6) is 5.75 Å². The molecule has 34 heavy (non-hydrogen) atoms. The van der Waals surface area contributed by atoms with Crippen LogP contribution in [0, 0.1) is 5.92 Å². The normalized spacial score (nSPS) is 17.0. The Morgan fingerprint density at radius 3 is 2.59 bits per heavy atom. The van der Waals surface area contributed by atoms with Crippen molar-refractivity contribution >= 4 is 28.2 Å². The highest BCUT2D eigenvalue weighted by atomic mass is 35.5. The van der Waals surface area contributed by atoms with Crippen molar-refractivity contribution in [2.24, 2.45) is 5.92 Å². The Morgan fingerprint density at radius 1 is 1.12 bits per heavy atom. The minimum atomic E-state index is -0.263. The zero-order valence-corrected chi connectivity index (χ0v) is 20.4. The maximum Gasteiger partial charge on any atom is 0.123 e. The predicted octanol–water partition coefficient (Wildman–Crippen LogP) is 6.62. The highest BCUT2D eigenvalue weighted by Crippen LogP contribution is 2.37. The van der Waals surface area contributed by atoms with Crippen LogP contribution in [-0.2, 0) is 4.74 Å². The first kappa shape index (κ1) is 23.0. The standard InChI is InChI=1S/C28H31ClN2O3/c1-17(2)34-27-6-4-3-5-21(27)22-13-25-26(14-24(22)29)31-28(30-25)23(15-32)19-9-11-20(12-10-19)33-16-18-7-8-18/h5-6,9-14,17-18,23,32H,3-4,7-8,15-16H2,1-2H3,(H,30,31). The van der Waals surface area contributed by atoms with Crippen molar-refractivity contribution in [3.8, 4) is 5.75 Å². The van der Waals surface area contributed by atoms with Gasteiger partial charge in [0.25, 0.3) is 0 Å². The zero-order valence-electron chi connectivity index (χ0n) is 19.7. The Hall–Kier alpha value is -2.76. The lowest BCUT2D eigenvalue weighted by Crippen LogP contribution is -2.08. The fraction of sp³-hybridized carbons (Fsp3) is 0.393. The summed E-state index contributed by atoms with van der Waals surface area (Å²) in [6, 6.07) is 11.9. The van der Waals surface area contributed by atoms with E-state index in [1.165, 1.54) is 12.8 Å². The molecule has 0 bridgehead atoms. The average molecular weight is 479 g/mol. The predicted molar refractivity (Wildman–Crippen MR) is 136 cm³/mol. The van der Waals surface area contributed by atoms with Crippen LogP contribution in [0.25, 0.3) is 16.6 Å². The van der Waals surface area contributed by atoms with Crippen molar-refractivity contribution < 1.29 is 14.6 Å². The number of H-pyrrole nitrogens is 1. The van der Waals surface area contributed by atoms with E-state index in [0.29, 0.717) is 16.8 Å². The number of rotatable bonds is 9. The molecule has 2 aliphatic carbocycles. The van der Waals surface area contributed by atoms with Gasteiger partial charge >= 0.3 is 0 Å². The summed E-state index contributed by atoms with van der Waals surface area (Å²) in [7, 11) is 0. The summed E-state index contributed by atoms with van der Waals surface area (Å²) in [4.78, 5) is 8.21. The Kier molecular flexibility index (Phi) is 6.66. The monoisotopic (exact) mass is 478 g/mol. The minimum Gasteiger partial charge on any atom is -0.493 e. The number of aliphatic hydroxyl groups excluding tert-OH is 1. The molecule has 1 fully saturated rings. The fourth-order valence-electron chi connectivity index (χ4n) is 4.33. The molecule has 2 aromatic carbocycles. The van der Waals surface area contributed by atoms with Gasteiger partial charge in [-0.2, -0.15) is 0 Å². The third-order valence-corrected chi connectivity index (χ3v) is 6.64. The van der Waals surface area contributed by atoms with Crippen LogP contribution in [0.15, 0.2) is 54.3 Å². The molecule has 1 aromatic heterocycles. The maximum atomic E-state index is 10.2. The first-order chi connectivity index (χ1) is 16.5. The molecule has 0 spiro atoms. The number of hydrogen-bond donors (Lipinski definition) is 2. The molecule has 5 nitrogen and oxygen atoms in total. The number of imidazole rings is 1. The van der Waals surface area contributed by atoms with E-state index in [-0.39, 0.29) is 18.6 Å². The largest absolute Gasteiger partial charge is 0.493 e. The molecule has 5 rings (SSSR count). The van der Waals surface area contributed by atoms with E-state index in [2.05, 4.69) is 17.1 Å². The van der Waals surface area contributed by atoms with Gasteiger partial charge in [-0.1, -0.05) is 29.8 Å². The van der Waals surface area contributed by atoms with Crippen molar-refractivity contribution in [3.05, 3.63) is 76.3 Å². The number of halogens is 1. The molecule has 1 atom stereocenters. The van der Waals surface area contributed by atoms with E-state index in [1.54, 1.807) is 0 Å². The number of ether oxygens (including phenoxy) is 2. The first-order valence-corrected chi connectivity index (χ1v) is 12.5. The van der Waals surface area contributed by atoms with Crippen LogP contribution >= 0.6 is 11.6 Å². The van der Waals surface area contributed by atoms with Crippen LogP contribution in [0.3, 0.4) is 0 Å². The van der Waals surface area contributed by atoms with Crippen LogP contribution in [-0.4, -0.2) is 34.4 Å². The zero-order chi connectivity index (χ0) is 23.7. The van der Waals surface area contributed by atoms with E-state index in [4.69, 9.17) is 26.1 Å². The molecule has 1 heterocycles. The topological polar surface area (TPSA) is 67.4 Å². The number of allylic oxidation sites excluding steroid dienone is 3. The van der Waals surface area contributed by atoms with Crippen molar-refractivity contribution in [2.75, 3.05) is 13.2 Å². The summed E-state index contributed by atoms with van der Waals surface area (Å²) < 4.78 is 11.9. The van der Waals surface area contributed by atoms with Crippen LogP contribution < -0.4 is 4.74 Å². The molecule has 0 amide bonds. The molecule has 3 aromatic rings. The number of hydrogen-bond acceptors (Lipinski definition) is 4. The number of benzene rings is 2. The fourth-order valence-corrected chi connectivity index (χ4v) is 4.59. The molecule has 2 aliphatic rings. The third kappa shape index (κ3) is 5.01. The lowest BCUT2D eigenvalue weighted by molar-refractivity contribution is 0.159. The third-order valence-electron chi connectivity index (χ3n) is 6.33. The van der Waals surface area contributed by atoms with E-state index in [1.807, 2.05) is 50.2 Å². The maximum absolute atomic E-state index is 10.2. The molecule has 0 radical (unpaired) electrons. The molecule has 1 unspecified atom stereocenters. The van der Waals surface area contributed by atoms with Crippen molar-refractivity contribution in [2.45, 2.75) is 51.6 Å². The lowest BCUT2D eigenvalue weighted by Gasteiger charge is -2.20. The summed E-state index contributed by atoms with van der Waals surface area (Å²) in [5.41, 5.74) is 4.57. The average Bonchev–Trinajstić information content (AvgIpc) is 3.57. The molecule has 1 saturated carbocycles. The van der Waals surface area contributed by atoms with Gasteiger partial charge in [-0.15, -0.1) is 0 Å². The van der Waals surface area contributed by atoms with Gasteiger partial charge in [0.05, 0.1) is 41.3 Å². The highest BCUT2D eigenvalue weighted by molar-refractivity contribution is 6.33. The summed E-state index contributed by atoms with van der Waals surface area (Å²) in [5.74, 6) is 2.90.